The Kier molecular flexibility index (Phi) is 4.58. The summed E-state index contributed by atoms with van der Waals surface area (Å²) in [5, 5.41) is 3.28. The summed E-state index contributed by atoms with van der Waals surface area (Å²) >= 11 is 1.66. The van der Waals surface area contributed by atoms with E-state index in [0.29, 0.717) is 11.8 Å². The predicted molar refractivity (Wildman–Crippen MR) is 97.9 cm³/mol. The van der Waals surface area contributed by atoms with Gasteiger partial charge in [-0.1, -0.05) is 48.5 Å². The summed E-state index contributed by atoms with van der Waals surface area (Å²) < 4.78 is 0. The first-order valence-electron chi connectivity index (χ1n) is 8.57. The van der Waals surface area contributed by atoms with E-state index in [4.69, 9.17) is 0 Å². The van der Waals surface area contributed by atoms with Crippen LogP contribution in [0.15, 0.2) is 65.6 Å². The van der Waals surface area contributed by atoms with Crippen molar-refractivity contribution in [3.05, 3.63) is 66.2 Å². The van der Waals surface area contributed by atoms with Crippen LogP contribution in [0.25, 0.3) is 0 Å². The summed E-state index contributed by atoms with van der Waals surface area (Å²) in [5.74, 6) is 1.52. The number of benzene rings is 2. The highest BCUT2D eigenvalue weighted by molar-refractivity contribution is 8.00. The van der Waals surface area contributed by atoms with E-state index >= 15 is 0 Å². The molecule has 2 heterocycles. The topological polar surface area (TPSA) is 32.3 Å². The van der Waals surface area contributed by atoms with Crippen LogP contribution in [-0.4, -0.2) is 37.0 Å². The highest BCUT2D eigenvalue weighted by Gasteiger charge is 2.40. The molecule has 4 heteroatoms. The fourth-order valence-corrected chi connectivity index (χ4v) is 4.85. The first-order valence-corrected chi connectivity index (χ1v) is 9.45. The maximum atomic E-state index is 13.3. The molecule has 4 rings (SSSR count). The van der Waals surface area contributed by atoms with E-state index < -0.39 is 0 Å². The van der Waals surface area contributed by atoms with Crippen molar-refractivity contribution in [2.45, 2.75) is 10.1 Å². The molecule has 1 amide bonds. The summed E-state index contributed by atoms with van der Waals surface area (Å²) in [5.41, 5.74) is 1.09. The van der Waals surface area contributed by atoms with Gasteiger partial charge < -0.3 is 10.2 Å². The summed E-state index contributed by atoms with van der Waals surface area (Å²) in [6.07, 6.45) is 0. The van der Waals surface area contributed by atoms with Crippen LogP contribution in [0.4, 0.5) is 0 Å². The van der Waals surface area contributed by atoms with Crippen molar-refractivity contribution in [3.63, 3.8) is 0 Å². The Balaban J connectivity index is 1.57. The second-order valence-corrected chi connectivity index (χ2v) is 7.82. The van der Waals surface area contributed by atoms with Crippen LogP contribution in [0.3, 0.4) is 0 Å². The van der Waals surface area contributed by atoms with Gasteiger partial charge in [0.15, 0.2) is 0 Å². The number of amides is 1. The molecule has 2 aromatic carbocycles. The molecule has 0 spiro atoms. The van der Waals surface area contributed by atoms with Crippen molar-refractivity contribution in [2.75, 3.05) is 26.2 Å². The summed E-state index contributed by atoms with van der Waals surface area (Å²) in [4.78, 5) is 16.5. The van der Waals surface area contributed by atoms with Crippen LogP contribution < -0.4 is 5.32 Å². The predicted octanol–water partition coefficient (Wildman–Crippen LogP) is 3.20. The number of thioether (sulfide) groups is 1. The van der Waals surface area contributed by atoms with Crippen molar-refractivity contribution < 1.29 is 4.79 Å². The molecule has 1 unspecified atom stereocenters. The standard InChI is InChI=1S/C20H22N2OS/c23-20(22-13-16-11-21-12-17(16)14-22)19(15-7-3-1-4-8-15)24-18-9-5-2-6-10-18/h1-10,16-17,19,21H,11-14H2/t16-,17+,19?. The Morgan fingerprint density at radius 3 is 2.17 bits per heavy atom. The number of hydrogen-bond acceptors (Lipinski definition) is 3. The maximum Gasteiger partial charge on any atom is 0.240 e. The molecule has 24 heavy (non-hydrogen) atoms. The van der Waals surface area contributed by atoms with E-state index in [2.05, 4.69) is 34.5 Å². The van der Waals surface area contributed by atoms with Gasteiger partial charge in [-0.3, -0.25) is 4.79 Å². The first kappa shape index (κ1) is 15.7. The van der Waals surface area contributed by atoms with Gasteiger partial charge in [-0.05, 0) is 29.5 Å². The number of nitrogens with one attached hydrogen (secondary N) is 1. The summed E-state index contributed by atoms with van der Waals surface area (Å²) in [7, 11) is 0. The molecule has 2 saturated heterocycles. The van der Waals surface area contributed by atoms with Gasteiger partial charge in [-0.25, -0.2) is 0 Å². The van der Waals surface area contributed by atoms with Gasteiger partial charge in [-0.15, -0.1) is 11.8 Å². The minimum atomic E-state index is -0.166. The number of fused-ring (bicyclic) bond motifs is 1. The van der Waals surface area contributed by atoms with Gasteiger partial charge in [0, 0.05) is 31.1 Å². The minimum absolute atomic E-state index is 0.166. The number of likely N-dealkylation sites (tertiary alicyclic amines) is 1. The maximum absolute atomic E-state index is 13.3. The van der Waals surface area contributed by atoms with Crippen molar-refractivity contribution in [1.29, 1.82) is 0 Å². The molecule has 3 atom stereocenters. The molecule has 124 valence electrons. The SMILES string of the molecule is O=C(C(Sc1ccccc1)c1ccccc1)N1C[C@H]2CNC[C@H]2C1. The van der Waals surface area contributed by atoms with E-state index in [1.54, 1.807) is 11.8 Å². The average molecular weight is 338 g/mol. The van der Waals surface area contributed by atoms with Gasteiger partial charge in [0.1, 0.15) is 5.25 Å². The molecular weight excluding hydrogens is 316 g/mol. The van der Waals surface area contributed by atoms with Gasteiger partial charge >= 0.3 is 0 Å². The van der Waals surface area contributed by atoms with Gasteiger partial charge in [0.25, 0.3) is 0 Å². The fourth-order valence-electron chi connectivity index (χ4n) is 3.73. The third-order valence-corrected chi connectivity index (χ3v) is 6.28. The van der Waals surface area contributed by atoms with E-state index in [1.165, 1.54) is 0 Å². The molecule has 2 aliphatic rings. The molecule has 1 N–H and O–H groups in total. The fraction of sp³-hybridized carbons (Fsp3) is 0.350. The zero-order chi connectivity index (χ0) is 16.4. The van der Waals surface area contributed by atoms with Crippen LogP contribution in [0.2, 0.25) is 0 Å². The molecule has 0 bridgehead atoms. The Hall–Kier alpha value is -1.78. The van der Waals surface area contributed by atoms with E-state index in [-0.39, 0.29) is 11.2 Å². The van der Waals surface area contributed by atoms with E-state index in [0.717, 1.165) is 36.6 Å². The van der Waals surface area contributed by atoms with Crippen molar-refractivity contribution in [3.8, 4) is 0 Å². The second-order valence-electron chi connectivity index (χ2n) is 6.64. The third kappa shape index (κ3) is 3.21. The number of hydrogen-bond donors (Lipinski definition) is 1. The van der Waals surface area contributed by atoms with Gasteiger partial charge in [0.2, 0.25) is 5.91 Å². The molecular formula is C20H22N2OS. The Morgan fingerprint density at radius 2 is 1.54 bits per heavy atom. The molecule has 2 fully saturated rings. The van der Waals surface area contributed by atoms with Crippen LogP contribution in [-0.2, 0) is 4.79 Å². The summed E-state index contributed by atoms with van der Waals surface area (Å²) in [6, 6.07) is 20.4. The van der Waals surface area contributed by atoms with E-state index in [9.17, 15) is 4.79 Å². The number of rotatable bonds is 4. The number of carbonyl (C=O) groups excluding carboxylic acids is 1. The van der Waals surface area contributed by atoms with Crippen molar-refractivity contribution in [2.24, 2.45) is 11.8 Å². The Labute approximate surface area is 147 Å². The van der Waals surface area contributed by atoms with Gasteiger partial charge in [0.05, 0.1) is 0 Å². The Bertz CT molecular complexity index is 679. The zero-order valence-electron chi connectivity index (χ0n) is 13.6. The second kappa shape index (κ2) is 6.99. The normalized spacial score (nSPS) is 23.9. The van der Waals surface area contributed by atoms with Crippen LogP contribution in [0.1, 0.15) is 10.8 Å². The largest absolute Gasteiger partial charge is 0.341 e. The van der Waals surface area contributed by atoms with Crippen LogP contribution >= 0.6 is 11.8 Å². The van der Waals surface area contributed by atoms with Crippen LogP contribution in [0.5, 0.6) is 0 Å². The third-order valence-electron chi connectivity index (χ3n) is 5.02. The lowest BCUT2D eigenvalue weighted by atomic mass is 10.0. The van der Waals surface area contributed by atoms with Gasteiger partial charge in [-0.2, -0.15) is 0 Å². The molecule has 2 aromatic rings. The Morgan fingerprint density at radius 1 is 0.958 bits per heavy atom. The number of nitrogens with zero attached hydrogens (tertiary/aromatic N) is 1. The number of carbonyl (C=O) groups is 1. The monoisotopic (exact) mass is 338 g/mol. The molecule has 0 aliphatic carbocycles. The lowest BCUT2D eigenvalue weighted by molar-refractivity contribution is -0.130. The van der Waals surface area contributed by atoms with Crippen LogP contribution in [0, 0.1) is 11.8 Å². The lowest BCUT2D eigenvalue weighted by Crippen LogP contribution is -2.34. The van der Waals surface area contributed by atoms with Crippen molar-refractivity contribution in [1.82, 2.24) is 10.2 Å². The zero-order valence-corrected chi connectivity index (χ0v) is 14.4. The highest BCUT2D eigenvalue weighted by atomic mass is 32.2. The lowest BCUT2D eigenvalue weighted by Gasteiger charge is -2.24. The molecule has 0 radical (unpaired) electrons. The van der Waals surface area contributed by atoms with E-state index in [1.807, 2.05) is 36.4 Å². The first-order chi connectivity index (χ1) is 11.8. The highest BCUT2D eigenvalue weighted by Crippen LogP contribution is 2.38. The molecule has 0 saturated carbocycles. The summed E-state index contributed by atoms with van der Waals surface area (Å²) in [6.45, 7) is 3.90. The quantitative estimate of drug-likeness (QED) is 0.869. The molecule has 0 aromatic heterocycles. The van der Waals surface area contributed by atoms with Crippen molar-refractivity contribution >= 4 is 17.7 Å². The average Bonchev–Trinajstić information content (AvgIpc) is 3.23. The smallest absolute Gasteiger partial charge is 0.240 e. The minimum Gasteiger partial charge on any atom is -0.341 e. The molecule has 3 nitrogen and oxygen atoms in total. The molecule has 2 aliphatic heterocycles.